The molecule has 3 aromatic rings. The number of hydrogen-bond donors (Lipinski definition) is 4. The summed E-state index contributed by atoms with van der Waals surface area (Å²) in [5.74, 6) is -2.09. The van der Waals surface area contributed by atoms with Crippen molar-refractivity contribution in [1.29, 1.82) is 0 Å². The number of hydrogen-bond acceptors (Lipinski definition) is 10. The summed E-state index contributed by atoms with van der Waals surface area (Å²) in [6, 6.07) is 30.4. The number of carbonyl (C=O) groups is 5. The lowest BCUT2D eigenvalue weighted by atomic mass is 10.1. The van der Waals surface area contributed by atoms with Crippen molar-refractivity contribution in [2.45, 2.75) is 58.0 Å². The fraction of sp³-hybridized carbons (Fsp3) is 0.410. The van der Waals surface area contributed by atoms with Gasteiger partial charge in [-0.15, -0.1) is 0 Å². The third-order valence-electron chi connectivity index (χ3n) is 8.23. The van der Waals surface area contributed by atoms with Crippen molar-refractivity contribution >= 4 is 74.4 Å². The molecule has 5 N–H and O–H groups in total. The van der Waals surface area contributed by atoms with Gasteiger partial charge >= 0.3 is 11.9 Å². The molecule has 0 saturated heterocycles. The lowest BCUT2D eigenvalue weighted by Crippen LogP contribution is -2.49. The number of amides is 3. The highest BCUT2D eigenvalue weighted by atomic mass is 33.1. The number of carbonyl (C=O) groups excluding carboxylic acids is 5. The fourth-order valence-corrected chi connectivity index (χ4v) is 12.1. The zero-order chi connectivity index (χ0) is 38.3. The monoisotopic (exact) mass is 783 g/mol. The van der Waals surface area contributed by atoms with E-state index >= 15 is 0 Å². The molecule has 11 nitrogen and oxygen atoms in total. The molecule has 0 spiro atoms. The van der Waals surface area contributed by atoms with Crippen LogP contribution >= 0.6 is 28.9 Å². The van der Waals surface area contributed by atoms with Crippen LogP contribution in [0.2, 0.25) is 0 Å². The number of rotatable bonds is 24. The Bertz CT molecular complexity index is 1480. The zero-order valence-electron chi connectivity index (χ0n) is 30.5. The van der Waals surface area contributed by atoms with Gasteiger partial charge in [0.2, 0.25) is 17.7 Å². The Balaban J connectivity index is 1.47. The average Bonchev–Trinajstić information content (AvgIpc) is 3.18. The Labute approximate surface area is 321 Å². The maximum atomic E-state index is 12.8. The van der Waals surface area contributed by atoms with Crippen molar-refractivity contribution in [1.82, 2.24) is 16.0 Å². The second kappa shape index (κ2) is 24.4. The molecular formula is C39H52N4O7PS2+. The number of ether oxygens (including phenoxy) is 2. The highest BCUT2D eigenvalue weighted by molar-refractivity contribution is 8.76. The van der Waals surface area contributed by atoms with E-state index in [4.69, 9.17) is 15.2 Å². The summed E-state index contributed by atoms with van der Waals surface area (Å²) < 4.78 is 9.73. The minimum atomic E-state index is -1.89. The van der Waals surface area contributed by atoms with Gasteiger partial charge < -0.3 is 31.2 Å². The van der Waals surface area contributed by atoms with E-state index in [1.165, 1.54) is 37.5 Å². The largest absolute Gasteiger partial charge is 0.465 e. The fourth-order valence-electron chi connectivity index (χ4n) is 5.62. The van der Waals surface area contributed by atoms with E-state index in [9.17, 15) is 24.0 Å². The molecule has 0 aliphatic carbocycles. The van der Waals surface area contributed by atoms with Crippen LogP contribution in [0.5, 0.6) is 0 Å². The molecule has 14 heteroatoms. The van der Waals surface area contributed by atoms with E-state index in [1.54, 1.807) is 13.8 Å². The van der Waals surface area contributed by atoms with Crippen LogP contribution in [0.1, 0.15) is 46.0 Å². The summed E-state index contributed by atoms with van der Waals surface area (Å²) in [5, 5.41) is 12.2. The second-order valence-electron chi connectivity index (χ2n) is 12.0. The van der Waals surface area contributed by atoms with Gasteiger partial charge in [0.25, 0.3) is 0 Å². The van der Waals surface area contributed by atoms with Crippen molar-refractivity contribution in [3.8, 4) is 0 Å². The predicted molar refractivity (Wildman–Crippen MR) is 217 cm³/mol. The third kappa shape index (κ3) is 14.8. The molecule has 3 amide bonds. The van der Waals surface area contributed by atoms with Gasteiger partial charge in [-0.3, -0.25) is 24.0 Å². The predicted octanol–water partition coefficient (Wildman–Crippen LogP) is 3.48. The minimum absolute atomic E-state index is 0.0411. The van der Waals surface area contributed by atoms with Crippen LogP contribution in [0.3, 0.4) is 0 Å². The maximum absolute atomic E-state index is 12.8. The number of nitrogens with one attached hydrogen (secondary N) is 3. The first kappa shape index (κ1) is 43.5. The van der Waals surface area contributed by atoms with Gasteiger partial charge in [-0.05, 0) is 75.9 Å². The number of esters is 2. The number of unbranched alkanes of at least 4 members (excludes halogenated alkanes) is 2. The van der Waals surface area contributed by atoms with Gasteiger partial charge in [-0.2, -0.15) is 0 Å². The summed E-state index contributed by atoms with van der Waals surface area (Å²) in [5.41, 5.74) is 5.79. The molecule has 0 fully saturated rings. The first-order valence-electron chi connectivity index (χ1n) is 17.9. The molecule has 53 heavy (non-hydrogen) atoms. The van der Waals surface area contributed by atoms with Crippen molar-refractivity contribution in [2.75, 3.05) is 44.0 Å². The molecule has 0 heterocycles. The van der Waals surface area contributed by atoms with Crippen LogP contribution in [0.15, 0.2) is 91.0 Å². The second-order valence-corrected chi connectivity index (χ2v) is 18.2. The first-order chi connectivity index (χ1) is 25.7. The molecule has 2 unspecified atom stereocenters. The van der Waals surface area contributed by atoms with E-state index in [2.05, 4.69) is 107 Å². The first-order valence-corrected chi connectivity index (χ1v) is 22.4. The Morgan fingerprint density at radius 1 is 0.717 bits per heavy atom. The van der Waals surface area contributed by atoms with E-state index in [0.29, 0.717) is 6.54 Å². The summed E-state index contributed by atoms with van der Waals surface area (Å²) >= 11 is 0. The van der Waals surface area contributed by atoms with Gasteiger partial charge in [0.15, 0.2) is 0 Å². The Hall–Kier alpha value is -3.90. The van der Waals surface area contributed by atoms with Crippen molar-refractivity contribution in [3.63, 3.8) is 0 Å². The minimum Gasteiger partial charge on any atom is -0.465 e. The lowest BCUT2D eigenvalue weighted by molar-refractivity contribution is -0.145. The zero-order valence-corrected chi connectivity index (χ0v) is 33.0. The van der Waals surface area contributed by atoms with Crippen molar-refractivity contribution in [3.05, 3.63) is 91.0 Å². The third-order valence-corrected chi connectivity index (χ3v) is 15.0. The normalized spacial score (nSPS) is 12.2. The van der Waals surface area contributed by atoms with E-state index in [0.717, 1.165) is 25.4 Å². The summed E-state index contributed by atoms with van der Waals surface area (Å²) in [7, 11) is 0.630. The van der Waals surface area contributed by atoms with Gasteiger partial charge in [-0.25, -0.2) is 0 Å². The average molecular weight is 784 g/mol. The summed E-state index contributed by atoms with van der Waals surface area (Å²) in [6.07, 6.45) is 3.77. The van der Waals surface area contributed by atoms with Crippen LogP contribution in [0.25, 0.3) is 0 Å². The Morgan fingerprint density at radius 2 is 1.28 bits per heavy atom. The maximum Gasteiger partial charge on any atom is 0.325 e. The molecule has 3 aromatic carbocycles. The van der Waals surface area contributed by atoms with Crippen molar-refractivity contribution in [2.24, 2.45) is 5.73 Å². The van der Waals surface area contributed by atoms with Crippen LogP contribution in [0.4, 0.5) is 0 Å². The van der Waals surface area contributed by atoms with Gasteiger partial charge in [0.05, 0.1) is 25.1 Å². The Morgan fingerprint density at radius 3 is 1.83 bits per heavy atom. The Kier molecular flexibility index (Phi) is 20.0. The van der Waals surface area contributed by atoms with Crippen molar-refractivity contribution < 1.29 is 33.4 Å². The molecule has 286 valence electrons. The molecule has 0 bridgehead atoms. The van der Waals surface area contributed by atoms with Gasteiger partial charge in [0.1, 0.15) is 41.8 Å². The van der Waals surface area contributed by atoms with Gasteiger partial charge in [0, 0.05) is 18.7 Å². The number of nitrogens with two attached hydrogens (primary N) is 1. The molecule has 0 aromatic heterocycles. The molecule has 0 aliphatic heterocycles. The molecule has 0 saturated carbocycles. The highest BCUT2D eigenvalue weighted by Crippen LogP contribution is 2.55. The van der Waals surface area contributed by atoms with E-state index < -0.39 is 43.1 Å². The molecule has 3 rings (SSSR count). The lowest BCUT2D eigenvalue weighted by Gasteiger charge is -2.27. The van der Waals surface area contributed by atoms with Crippen LogP contribution in [-0.2, 0) is 33.4 Å². The molecule has 0 radical (unpaired) electrons. The molecule has 2 atom stereocenters. The highest BCUT2D eigenvalue weighted by Gasteiger charge is 2.44. The summed E-state index contributed by atoms with van der Waals surface area (Å²) in [6.45, 7) is 3.87. The molecular weight excluding hydrogens is 732 g/mol. The van der Waals surface area contributed by atoms with Crippen LogP contribution in [0, 0.1) is 0 Å². The van der Waals surface area contributed by atoms with Crippen LogP contribution < -0.4 is 37.6 Å². The van der Waals surface area contributed by atoms with E-state index in [-0.39, 0.29) is 50.0 Å². The van der Waals surface area contributed by atoms with Crippen LogP contribution in [-0.4, -0.2) is 85.7 Å². The molecule has 0 aliphatic rings. The standard InChI is InChI=1S/C39H51N4O7PS2/c1-3-49-37(46)27-42-38(47)34(43-35(44)24-23-33(40)39(48)50-4-2)28-52-53-29-36(45)41-25-15-8-16-26-51(30-17-9-5-10-18-30,31-19-11-6-12-20-31)32-21-13-7-14-22-32/h5-7,9-14,17-22,33-34H,3-4,8,15-16,23-29,40H2,1-2H3,(H2-,41,42,43,44,45,47)/p+1. The summed E-state index contributed by atoms with van der Waals surface area (Å²) in [4.78, 5) is 61.7. The number of benzene rings is 3. The smallest absolute Gasteiger partial charge is 0.325 e. The van der Waals surface area contributed by atoms with Gasteiger partial charge in [-0.1, -0.05) is 76.2 Å². The quantitative estimate of drug-likeness (QED) is 0.0458. The topological polar surface area (TPSA) is 166 Å². The SMILES string of the molecule is CCOC(=O)CNC(=O)C(CSSCC(=O)NCCCCC[P+](c1ccccc1)(c1ccccc1)c1ccccc1)NC(=O)CCC(N)C(=O)OCC. The van der Waals surface area contributed by atoms with E-state index in [1.807, 2.05) is 0 Å².